The lowest BCUT2D eigenvalue weighted by Gasteiger charge is -2.31. The van der Waals surface area contributed by atoms with Crippen molar-refractivity contribution in [2.45, 2.75) is 36.7 Å². The summed E-state index contributed by atoms with van der Waals surface area (Å²) < 4.78 is 5.03. The Morgan fingerprint density at radius 2 is 1.90 bits per heavy atom. The standard InChI is InChI=1S/C23H26N4O3S/c1-2-30-23(29)27-13-11-18(12-14-27)24-21(28)17-9-7-16(8-10-17)15-31-22-25-19-5-3-4-6-20(19)26-22/h3-10,18H,2,11-15H2,1H3,(H,24,28)(H,25,26). The maximum absolute atomic E-state index is 12.6. The second-order valence-corrected chi connectivity index (χ2v) is 8.44. The van der Waals surface area contributed by atoms with Gasteiger partial charge in [-0.15, -0.1) is 0 Å². The van der Waals surface area contributed by atoms with Crippen LogP contribution in [0.15, 0.2) is 53.7 Å². The molecule has 2 aromatic carbocycles. The van der Waals surface area contributed by atoms with Gasteiger partial charge in [0.05, 0.1) is 17.6 Å². The van der Waals surface area contributed by atoms with E-state index in [2.05, 4.69) is 15.3 Å². The Labute approximate surface area is 185 Å². The highest BCUT2D eigenvalue weighted by atomic mass is 32.2. The number of aromatic nitrogens is 2. The van der Waals surface area contributed by atoms with Gasteiger partial charge in [0.2, 0.25) is 0 Å². The molecule has 3 aromatic rings. The van der Waals surface area contributed by atoms with Gasteiger partial charge in [-0.3, -0.25) is 4.79 Å². The number of likely N-dealkylation sites (tertiary alicyclic amines) is 1. The molecule has 2 N–H and O–H groups in total. The van der Waals surface area contributed by atoms with Crippen LogP contribution in [0.2, 0.25) is 0 Å². The largest absolute Gasteiger partial charge is 0.450 e. The number of nitrogens with one attached hydrogen (secondary N) is 2. The van der Waals surface area contributed by atoms with E-state index in [4.69, 9.17) is 4.74 Å². The number of aromatic amines is 1. The minimum Gasteiger partial charge on any atom is -0.450 e. The van der Waals surface area contributed by atoms with E-state index < -0.39 is 0 Å². The van der Waals surface area contributed by atoms with Crippen LogP contribution in [-0.2, 0) is 10.5 Å². The Hall–Kier alpha value is -3.00. The van der Waals surface area contributed by atoms with Gasteiger partial charge in [0.1, 0.15) is 0 Å². The molecule has 1 aromatic heterocycles. The van der Waals surface area contributed by atoms with E-state index in [0.717, 1.165) is 40.3 Å². The third-order valence-corrected chi connectivity index (χ3v) is 6.26. The first-order chi connectivity index (χ1) is 15.1. The summed E-state index contributed by atoms with van der Waals surface area (Å²) >= 11 is 1.64. The SMILES string of the molecule is CCOC(=O)N1CCC(NC(=O)c2ccc(CSc3nc4ccccc4[nH]3)cc2)CC1. The highest BCUT2D eigenvalue weighted by Gasteiger charge is 2.24. The number of fused-ring (bicyclic) bond motifs is 1. The lowest BCUT2D eigenvalue weighted by molar-refractivity contribution is 0.0860. The zero-order valence-electron chi connectivity index (χ0n) is 17.5. The summed E-state index contributed by atoms with van der Waals surface area (Å²) in [5.74, 6) is 0.694. The molecule has 7 nitrogen and oxygen atoms in total. The number of carbonyl (C=O) groups excluding carboxylic acids is 2. The highest BCUT2D eigenvalue weighted by Crippen LogP contribution is 2.23. The summed E-state index contributed by atoms with van der Waals surface area (Å²) in [6.07, 6.45) is 1.19. The van der Waals surface area contributed by atoms with Crippen molar-refractivity contribution in [3.63, 3.8) is 0 Å². The van der Waals surface area contributed by atoms with Crippen LogP contribution in [0, 0.1) is 0 Å². The molecule has 8 heteroatoms. The molecule has 4 rings (SSSR count). The summed E-state index contributed by atoms with van der Waals surface area (Å²) in [7, 11) is 0. The van der Waals surface area contributed by atoms with Crippen LogP contribution >= 0.6 is 11.8 Å². The van der Waals surface area contributed by atoms with Crippen molar-refractivity contribution in [3.8, 4) is 0 Å². The van der Waals surface area contributed by atoms with E-state index >= 15 is 0 Å². The molecule has 1 aliphatic heterocycles. The topological polar surface area (TPSA) is 87.3 Å². The number of hydrogen-bond acceptors (Lipinski definition) is 5. The minimum atomic E-state index is -0.275. The molecular weight excluding hydrogens is 412 g/mol. The van der Waals surface area contributed by atoms with Crippen molar-refractivity contribution >= 4 is 34.8 Å². The monoisotopic (exact) mass is 438 g/mol. The summed E-state index contributed by atoms with van der Waals surface area (Å²) in [5.41, 5.74) is 3.77. The van der Waals surface area contributed by atoms with Gasteiger partial charge in [-0.25, -0.2) is 9.78 Å². The number of hydrogen-bond donors (Lipinski definition) is 2. The van der Waals surface area contributed by atoms with E-state index in [9.17, 15) is 9.59 Å². The molecule has 162 valence electrons. The molecule has 0 bridgehead atoms. The lowest BCUT2D eigenvalue weighted by atomic mass is 10.0. The van der Waals surface area contributed by atoms with Crippen LogP contribution in [-0.4, -0.2) is 52.6 Å². The number of imidazole rings is 1. The van der Waals surface area contributed by atoms with Gasteiger partial charge in [-0.05, 0) is 49.6 Å². The number of piperidine rings is 1. The number of nitrogens with zero attached hydrogens (tertiary/aromatic N) is 2. The fraction of sp³-hybridized carbons (Fsp3) is 0.348. The number of ether oxygens (including phenoxy) is 1. The van der Waals surface area contributed by atoms with Gasteiger partial charge in [-0.2, -0.15) is 0 Å². The number of rotatable bonds is 6. The highest BCUT2D eigenvalue weighted by molar-refractivity contribution is 7.98. The number of thioether (sulfide) groups is 1. The molecule has 1 fully saturated rings. The molecule has 0 aliphatic carbocycles. The predicted molar refractivity (Wildman–Crippen MR) is 121 cm³/mol. The summed E-state index contributed by atoms with van der Waals surface area (Å²) in [4.78, 5) is 33.9. The van der Waals surface area contributed by atoms with Crippen LogP contribution < -0.4 is 5.32 Å². The van der Waals surface area contributed by atoms with Gasteiger partial charge in [0.15, 0.2) is 5.16 Å². The molecule has 0 radical (unpaired) electrons. The molecule has 1 aliphatic rings. The first kappa shape index (κ1) is 21.2. The summed E-state index contributed by atoms with van der Waals surface area (Å²) in [6, 6.07) is 15.7. The average molecular weight is 439 g/mol. The Morgan fingerprint density at radius 3 is 2.61 bits per heavy atom. The third kappa shape index (κ3) is 5.38. The molecule has 2 amide bonds. The van der Waals surface area contributed by atoms with Crippen LogP contribution in [0.3, 0.4) is 0 Å². The molecule has 0 unspecified atom stereocenters. The maximum atomic E-state index is 12.6. The van der Waals surface area contributed by atoms with Gasteiger partial charge in [0.25, 0.3) is 5.91 Å². The third-order valence-electron chi connectivity index (χ3n) is 5.32. The Bertz CT molecular complexity index is 1010. The molecular formula is C23H26N4O3S. The Kier molecular flexibility index (Phi) is 6.76. The second-order valence-electron chi connectivity index (χ2n) is 7.48. The van der Waals surface area contributed by atoms with Crippen LogP contribution in [0.5, 0.6) is 0 Å². The van der Waals surface area contributed by atoms with E-state index in [1.165, 1.54) is 0 Å². The van der Waals surface area contributed by atoms with E-state index in [1.54, 1.807) is 23.6 Å². The van der Waals surface area contributed by atoms with Crippen molar-refractivity contribution in [1.82, 2.24) is 20.2 Å². The molecule has 0 spiro atoms. The summed E-state index contributed by atoms with van der Waals surface area (Å²) in [6.45, 7) is 3.37. The van der Waals surface area contributed by atoms with Gasteiger partial charge in [-0.1, -0.05) is 36.0 Å². The molecule has 31 heavy (non-hydrogen) atoms. The molecule has 0 atom stereocenters. The normalized spacial score (nSPS) is 14.5. The number of H-pyrrole nitrogens is 1. The van der Waals surface area contributed by atoms with Crippen molar-refractivity contribution < 1.29 is 14.3 Å². The number of carbonyl (C=O) groups is 2. The quantitative estimate of drug-likeness (QED) is 0.563. The molecule has 2 heterocycles. The van der Waals surface area contributed by atoms with Crippen LogP contribution in [0.1, 0.15) is 35.7 Å². The maximum Gasteiger partial charge on any atom is 0.409 e. The van der Waals surface area contributed by atoms with Crippen molar-refractivity contribution in [3.05, 3.63) is 59.7 Å². The zero-order valence-corrected chi connectivity index (χ0v) is 18.3. The number of para-hydroxylation sites is 2. The van der Waals surface area contributed by atoms with E-state index in [-0.39, 0.29) is 18.0 Å². The Morgan fingerprint density at radius 1 is 1.16 bits per heavy atom. The second kappa shape index (κ2) is 9.87. The van der Waals surface area contributed by atoms with Gasteiger partial charge >= 0.3 is 6.09 Å². The van der Waals surface area contributed by atoms with E-state index in [1.807, 2.05) is 48.5 Å². The van der Waals surface area contributed by atoms with E-state index in [0.29, 0.717) is 25.3 Å². The molecule has 0 saturated carbocycles. The van der Waals surface area contributed by atoms with Crippen molar-refractivity contribution in [1.29, 1.82) is 0 Å². The van der Waals surface area contributed by atoms with Crippen molar-refractivity contribution in [2.75, 3.05) is 19.7 Å². The zero-order chi connectivity index (χ0) is 21.6. The summed E-state index contributed by atoms with van der Waals surface area (Å²) in [5, 5.41) is 3.97. The molecule has 1 saturated heterocycles. The minimum absolute atomic E-state index is 0.0708. The van der Waals surface area contributed by atoms with Crippen molar-refractivity contribution in [2.24, 2.45) is 0 Å². The number of benzene rings is 2. The smallest absolute Gasteiger partial charge is 0.409 e. The fourth-order valence-corrected chi connectivity index (χ4v) is 4.43. The van der Waals surface area contributed by atoms with Gasteiger partial charge in [0, 0.05) is 30.4 Å². The van der Waals surface area contributed by atoms with Crippen LogP contribution in [0.25, 0.3) is 11.0 Å². The first-order valence-electron chi connectivity index (χ1n) is 10.5. The lowest BCUT2D eigenvalue weighted by Crippen LogP contribution is -2.46. The average Bonchev–Trinajstić information content (AvgIpc) is 3.22. The Balaban J connectivity index is 1.26. The first-order valence-corrected chi connectivity index (χ1v) is 11.5. The van der Waals surface area contributed by atoms with Gasteiger partial charge < -0.3 is 19.9 Å². The number of amides is 2. The predicted octanol–water partition coefficient (Wildman–Crippen LogP) is 4.21. The van der Waals surface area contributed by atoms with Crippen LogP contribution in [0.4, 0.5) is 4.79 Å². The fourth-order valence-electron chi connectivity index (χ4n) is 3.59.